The van der Waals surface area contributed by atoms with E-state index in [1.165, 1.54) is 55.9 Å². The Morgan fingerprint density at radius 3 is 1.29 bits per heavy atom. The maximum Gasteiger partial charge on any atom is 0.0466 e. The first kappa shape index (κ1) is 33.4. The Bertz CT molecular complexity index is 2160. The van der Waals surface area contributed by atoms with Gasteiger partial charge in [0, 0.05) is 34.1 Å². The minimum absolute atomic E-state index is 0.893. The number of benzene rings is 5. The van der Waals surface area contributed by atoms with Crippen LogP contribution in [0, 0.1) is 20.8 Å². The van der Waals surface area contributed by atoms with Crippen molar-refractivity contribution in [2.75, 3.05) is 9.80 Å². The number of nitrogens with zero attached hydrogens (tertiary/aromatic N) is 2. The van der Waals surface area contributed by atoms with Gasteiger partial charge in [-0.15, -0.1) is 0 Å². The first-order valence-electron chi connectivity index (χ1n) is 17.7. The molecule has 0 amide bonds. The Morgan fingerprint density at radius 2 is 0.843 bits per heavy atom. The fraction of sp³-hybridized carbons (Fsp3) is 0.102. The zero-order valence-corrected chi connectivity index (χ0v) is 29.9. The average molecular weight is 661 g/mol. The molecule has 0 aromatic heterocycles. The zero-order chi connectivity index (χ0) is 35.2. The second-order valence-electron chi connectivity index (χ2n) is 13.5. The zero-order valence-electron chi connectivity index (χ0n) is 29.9. The predicted octanol–water partition coefficient (Wildman–Crippen LogP) is 13.6. The lowest BCUT2D eigenvalue weighted by Gasteiger charge is -2.30. The highest BCUT2D eigenvalue weighted by Crippen LogP contribution is 2.36. The Labute approximate surface area is 303 Å². The number of aryl methyl sites for hydroxylation is 3. The smallest absolute Gasteiger partial charge is 0.0466 e. The van der Waals surface area contributed by atoms with Crippen molar-refractivity contribution in [3.05, 3.63) is 220 Å². The third-order valence-corrected chi connectivity index (χ3v) is 9.30. The molecule has 0 atom stereocenters. The third kappa shape index (κ3) is 8.20. The topological polar surface area (TPSA) is 6.48 Å². The normalized spacial score (nSPS) is 14.0. The van der Waals surface area contributed by atoms with Gasteiger partial charge in [-0.05, 0) is 135 Å². The second-order valence-corrected chi connectivity index (χ2v) is 13.5. The van der Waals surface area contributed by atoms with Crippen LogP contribution in [0.3, 0.4) is 0 Å². The number of hydrogen-bond acceptors (Lipinski definition) is 2. The summed E-state index contributed by atoms with van der Waals surface area (Å²) in [5.74, 6) is 0. The van der Waals surface area contributed by atoms with E-state index in [-0.39, 0.29) is 0 Å². The van der Waals surface area contributed by atoms with Crippen LogP contribution in [-0.4, -0.2) is 0 Å². The van der Waals surface area contributed by atoms with Gasteiger partial charge in [0.1, 0.15) is 0 Å². The van der Waals surface area contributed by atoms with Crippen LogP contribution in [0.25, 0.3) is 12.2 Å². The third-order valence-electron chi connectivity index (χ3n) is 9.30. The lowest BCUT2D eigenvalue weighted by Crippen LogP contribution is -2.18. The molecule has 0 radical (unpaired) electrons. The van der Waals surface area contributed by atoms with Crippen molar-refractivity contribution in [2.24, 2.45) is 0 Å². The number of allylic oxidation sites excluding steroid dienone is 11. The quantitative estimate of drug-likeness (QED) is 0.147. The molecule has 0 N–H and O–H groups in total. The summed E-state index contributed by atoms with van der Waals surface area (Å²) in [5.41, 5.74) is 16.8. The van der Waals surface area contributed by atoms with Crippen LogP contribution in [0.2, 0.25) is 0 Å². The summed E-state index contributed by atoms with van der Waals surface area (Å²) in [7, 11) is 0. The minimum Gasteiger partial charge on any atom is -0.311 e. The summed E-state index contributed by atoms with van der Waals surface area (Å²) in [6.45, 7) is 8.52. The molecule has 2 nitrogen and oxygen atoms in total. The van der Waals surface area contributed by atoms with Crippen LogP contribution < -0.4 is 9.80 Å². The largest absolute Gasteiger partial charge is 0.311 e. The molecular weight excluding hydrogens is 617 g/mol. The van der Waals surface area contributed by atoms with E-state index in [4.69, 9.17) is 0 Å². The van der Waals surface area contributed by atoms with Gasteiger partial charge in [-0.3, -0.25) is 0 Å². The fourth-order valence-electron chi connectivity index (χ4n) is 6.32. The van der Waals surface area contributed by atoms with E-state index in [0.29, 0.717) is 0 Å². The van der Waals surface area contributed by atoms with Crippen LogP contribution in [-0.2, 0) is 0 Å². The van der Waals surface area contributed by atoms with Crippen molar-refractivity contribution in [3.8, 4) is 0 Å². The van der Waals surface area contributed by atoms with Crippen LogP contribution >= 0.6 is 0 Å². The molecule has 250 valence electrons. The molecule has 5 aromatic rings. The summed E-state index contributed by atoms with van der Waals surface area (Å²) in [6.07, 6.45) is 23.1. The highest BCUT2D eigenvalue weighted by Gasteiger charge is 2.17. The van der Waals surface area contributed by atoms with Gasteiger partial charge >= 0.3 is 0 Å². The predicted molar refractivity (Wildman–Crippen MR) is 220 cm³/mol. The maximum absolute atomic E-state index is 2.32. The van der Waals surface area contributed by atoms with Crippen molar-refractivity contribution >= 4 is 40.6 Å². The monoisotopic (exact) mass is 660 g/mol. The second kappa shape index (κ2) is 15.2. The molecule has 5 aromatic carbocycles. The summed E-state index contributed by atoms with van der Waals surface area (Å²) in [4.78, 5) is 4.63. The molecule has 0 aliphatic heterocycles. The van der Waals surface area contributed by atoms with Gasteiger partial charge in [0.2, 0.25) is 0 Å². The molecule has 2 heteroatoms. The first-order chi connectivity index (χ1) is 24.9. The molecule has 0 bridgehead atoms. The van der Waals surface area contributed by atoms with Gasteiger partial charge in [-0.1, -0.05) is 126 Å². The van der Waals surface area contributed by atoms with E-state index in [2.05, 4.69) is 220 Å². The van der Waals surface area contributed by atoms with Gasteiger partial charge in [0.05, 0.1) is 0 Å². The molecule has 0 unspecified atom stereocenters. The molecular formula is C49H44N2. The Morgan fingerprint density at radius 1 is 0.431 bits per heavy atom. The molecule has 7 rings (SSSR count). The van der Waals surface area contributed by atoms with Crippen LogP contribution in [0.1, 0.15) is 41.2 Å². The lowest BCUT2D eigenvalue weighted by atomic mass is 10.0. The van der Waals surface area contributed by atoms with E-state index in [1.54, 1.807) is 0 Å². The van der Waals surface area contributed by atoms with Crippen molar-refractivity contribution in [1.82, 2.24) is 0 Å². The molecule has 0 fully saturated rings. The van der Waals surface area contributed by atoms with E-state index in [1.807, 2.05) is 0 Å². The summed E-state index contributed by atoms with van der Waals surface area (Å²) < 4.78 is 0. The SMILES string of the molecule is CC1=CC(N(c2ccc(C)cc2)c2ccc(/C=C/C3=CC=C(/C=C/c4ccc(N(c5ccc(C)cc5)c5ccc(C)cc5)cc4)CC=C3)cc2)=C1. The average Bonchev–Trinajstić information content (AvgIpc) is 3.38. The Kier molecular flexibility index (Phi) is 9.94. The molecule has 2 aliphatic rings. The van der Waals surface area contributed by atoms with E-state index in [9.17, 15) is 0 Å². The van der Waals surface area contributed by atoms with Crippen LogP contribution in [0.15, 0.2) is 192 Å². The molecule has 0 heterocycles. The van der Waals surface area contributed by atoms with Crippen molar-refractivity contribution in [3.63, 3.8) is 0 Å². The van der Waals surface area contributed by atoms with E-state index < -0.39 is 0 Å². The highest BCUT2D eigenvalue weighted by molar-refractivity contribution is 5.78. The maximum atomic E-state index is 2.32. The van der Waals surface area contributed by atoms with Crippen molar-refractivity contribution in [1.29, 1.82) is 0 Å². The minimum atomic E-state index is 0.893. The van der Waals surface area contributed by atoms with Crippen molar-refractivity contribution < 1.29 is 0 Å². The molecule has 2 aliphatic carbocycles. The van der Waals surface area contributed by atoms with Gasteiger partial charge in [0.15, 0.2) is 0 Å². The molecule has 51 heavy (non-hydrogen) atoms. The Hall–Kier alpha value is -6.12. The molecule has 0 saturated heterocycles. The first-order valence-corrected chi connectivity index (χ1v) is 17.7. The summed E-state index contributed by atoms with van der Waals surface area (Å²) in [6, 6.07) is 43.8. The van der Waals surface area contributed by atoms with Crippen molar-refractivity contribution in [2.45, 2.75) is 34.1 Å². The summed E-state index contributed by atoms with van der Waals surface area (Å²) >= 11 is 0. The van der Waals surface area contributed by atoms with Gasteiger partial charge in [-0.2, -0.15) is 0 Å². The van der Waals surface area contributed by atoms with E-state index in [0.717, 1.165) is 29.2 Å². The van der Waals surface area contributed by atoms with Gasteiger partial charge in [0.25, 0.3) is 0 Å². The lowest BCUT2D eigenvalue weighted by molar-refractivity contribution is 1.15. The van der Waals surface area contributed by atoms with E-state index >= 15 is 0 Å². The highest BCUT2D eigenvalue weighted by atomic mass is 15.2. The number of hydrogen-bond donors (Lipinski definition) is 0. The Balaban J connectivity index is 1.02. The standard InChI is InChI=1S/C49H44N2/c1-36-8-24-44(25-9-36)50(45-26-10-37(2)11-27-45)47-30-20-42(21-31-47)18-16-40-6-5-7-41(15-14-40)17-19-43-22-32-48(33-23-43)51(49-34-39(4)35-49)46-28-12-38(3)13-29-46/h5,7-35H,6H2,1-4H3/b18-16+,19-17+. The van der Waals surface area contributed by atoms with Gasteiger partial charge in [-0.25, -0.2) is 0 Å². The van der Waals surface area contributed by atoms with Gasteiger partial charge < -0.3 is 9.80 Å². The molecule has 0 spiro atoms. The number of anilines is 5. The fourth-order valence-corrected chi connectivity index (χ4v) is 6.32. The summed E-state index contributed by atoms with van der Waals surface area (Å²) in [5, 5.41) is 0. The molecule has 0 saturated carbocycles. The van der Waals surface area contributed by atoms with Crippen LogP contribution in [0.5, 0.6) is 0 Å². The van der Waals surface area contributed by atoms with Crippen LogP contribution in [0.4, 0.5) is 28.4 Å². The number of rotatable bonds is 10.